The van der Waals surface area contributed by atoms with Crippen LogP contribution in [0.3, 0.4) is 0 Å². The van der Waals surface area contributed by atoms with E-state index in [-0.39, 0.29) is 16.3 Å². The number of hydrogen-bond donors (Lipinski definition) is 1. The lowest BCUT2D eigenvalue weighted by atomic mass is 10.2. The van der Waals surface area contributed by atoms with Crippen LogP contribution in [0.15, 0.2) is 72.9 Å². The normalized spacial score (nSPS) is 10.6. The molecule has 31 heavy (non-hydrogen) atoms. The van der Waals surface area contributed by atoms with Crippen molar-refractivity contribution in [1.29, 1.82) is 0 Å². The largest absolute Gasteiger partial charge is 0.454 e. The number of amides is 1. The van der Waals surface area contributed by atoms with Crippen LogP contribution in [0.1, 0.15) is 10.4 Å². The molecule has 0 fully saturated rings. The molecule has 0 atom stereocenters. The van der Waals surface area contributed by atoms with Crippen molar-refractivity contribution in [2.75, 3.05) is 5.32 Å². The van der Waals surface area contributed by atoms with E-state index in [0.29, 0.717) is 27.7 Å². The number of nitro benzene ring substituents is 1. The number of aromatic nitrogens is 1. The molecule has 0 saturated carbocycles. The van der Waals surface area contributed by atoms with Crippen LogP contribution >= 0.6 is 23.2 Å². The van der Waals surface area contributed by atoms with Gasteiger partial charge in [-0.15, -0.1) is 0 Å². The Labute approximate surface area is 186 Å². The van der Waals surface area contributed by atoms with Gasteiger partial charge in [-0.1, -0.05) is 23.2 Å². The topological polar surface area (TPSA) is 94.4 Å². The molecule has 4 aromatic rings. The van der Waals surface area contributed by atoms with Gasteiger partial charge in [0.15, 0.2) is 5.75 Å². The van der Waals surface area contributed by atoms with E-state index in [2.05, 4.69) is 10.3 Å². The number of rotatable bonds is 5. The molecular formula is C22H13Cl2N3O4. The number of nitrogens with zero attached hydrogens (tertiary/aromatic N) is 2. The third-order valence-electron chi connectivity index (χ3n) is 4.43. The fourth-order valence-corrected chi connectivity index (χ4v) is 3.35. The van der Waals surface area contributed by atoms with Gasteiger partial charge in [0.2, 0.25) is 0 Å². The molecule has 0 bridgehead atoms. The fourth-order valence-electron chi connectivity index (χ4n) is 2.91. The van der Waals surface area contributed by atoms with E-state index >= 15 is 0 Å². The van der Waals surface area contributed by atoms with E-state index in [9.17, 15) is 14.9 Å². The van der Waals surface area contributed by atoms with Crippen LogP contribution in [0, 0.1) is 10.1 Å². The quantitative estimate of drug-likeness (QED) is 0.275. The number of hydrogen-bond acceptors (Lipinski definition) is 5. The van der Waals surface area contributed by atoms with Gasteiger partial charge < -0.3 is 10.1 Å². The van der Waals surface area contributed by atoms with Crippen molar-refractivity contribution >= 4 is 51.4 Å². The van der Waals surface area contributed by atoms with Gasteiger partial charge in [0.25, 0.3) is 11.6 Å². The summed E-state index contributed by atoms with van der Waals surface area (Å²) in [6.45, 7) is 0. The van der Waals surface area contributed by atoms with E-state index in [4.69, 9.17) is 27.9 Å². The summed E-state index contributed by atoms with van der Waals surface area (Å²) in [5, 5.41) is 15.0. The first-order chi connectivity index (χ1) is 14.9. The number of halogens is 2. The second kappa shape index (κ2) is 8.59. The molecule has 1 heterocycles. The van der Waals surface area contributed by atoms with Gasteiger partial charge in [0.05, 0.1) is 15.0 Å². The zero-order chi connectivity index (χ0) is 22.0. The predicted molar refractivity (Wildman–Crippen MR) is 119 cm³/mol. The summed E-state index contributed by atoms with van der Waals surface area (Å²) in [5.41, 5.74) is 1.23. The summed E-state index contributed by atoms with van der Waals surface area (Å²) in [6, 6.07) is 17.1. The van der Waals surface area contributed by atoms with Crippen LogP contribution in [0.25, 0.3) is 10.9 Å². The third kappa shape index (κ3) is 4.42. The molecule has 4 rings (SSSR count). The van der Waals surface area contributed by atoms with Crippen LogP contribution in [0.2, 0.25) is 10.0 Å². The SMILES string of the molecule is O=C(Nc1ccc(Oc2ccc(Cl)c3cccnc23)c(Cl)c1)c1ccc([N+](=O)[O-])cc1. The van der Waals surface area contributed by atoms with Gasteiger partial charge in [-0.25, -0.2) is 0 Å². The van der Waals surface area contributed by atoms with Gasteiger partial charge in [-0.3, -0.25) is 19.9 Å². The fraction of sp³-hybridized carbons (Fsp3) is 0. The molecule has 0 radical (unpaired) electrons. The summed E-state index contributed by atoms with van der Waals surface area (Å²) in [5.74, 6) is 0.446. The van der Waals surface area contributed by atoms with E-state index in [1.807, 2.05) is 6.07 Å². The van der Waals surface area contributed by atoms with Gasteiger partial charge in [0.1, 0.15) is 11.3 Å². The van der Waals surface area contributed by atoms with Gasteiger partial charge >= 0.3 is 0 Å². The predicted octanol–water partition coefficient (Wildman–Crippen LogP) is 6.49. The second-order valence-electron chi connectivity index (χ2n) is 6.45. The van der Waals surface area contributed by atoms with Crippen LogP contribution in [0.4, 0.5) is 11.4 Å². The number of ether oxygens (including phenoxy) is 1. The van der Waals surface area contributed by atoms with Gasteiger partial charge in [0, 0.05) is 35.0 Å². The molecule has 154 valence electrons. The third-order valence-corrected chi connectivity index (χ3v) is 5.05. The average molecular weight is 454 g/mol. The molecule has 7 nitrogen and oxygen atoms in total. The van der Waals surface area contributed by atoms with Crippen LogP contribution in [-0.4, -0.2) is 15.8 Å². The molecule has 0 aliphatic heterocycles. The van der Waals surface area contributed by atoms with Crippen molar-refractivity contribution in [2.45, 2.75) is 0 Å². The molecule has 0 spiro atoms. The molecule has 0 unspecified atom stereocenters. The highest BCUT2D eigenvalue weighted by atomic mass is 35.5. The van der Waals surface area contributed by atoms with Crippen molar-refractivity contribution in [3.63, 3.8) is 0 Å². The smallest absolute Gasteiger partial charge is 0.269 e. The van der Waals surface area contributed by atoms with Crippen molar-refractivity contribution in [2.24, 2.45) is 0 Å². The second-order valence-corrected chi connectivity index (χ2v) is 7.26. The minimum Gasteiger partial charge on any atom is -0.454 e. The van der Waals surface area contributed by atoms with E-state index in [0.717, 1.165) is 5.39 Å². The zero-order valence-corrected chi connectivity index (χ0v) is 17.2. The number of benzene rings is 3. The maximum Gasteiger partial charge on any atom is 0.269 e. The van der Waals surface area contributed by atoms with Crippen LogP contribution in [0.5, 0.6) is 11.5 Å². The van der Waals surface area contributed by atoms with Crippen molar-refractivity contribution in [1.82, 2.24) is 4.98 Å². The van der Waals surface area contributed by atoms with Crippen molar-refractivity contribution < 1.29 is 14.5 Å². The molecule has 1 amide bonds. The Bertz CT molecular complexity index is 1310. The first kappa shape index (κ1) is 20.6. The monoisotopic (exact) mass is 453 g/mol. The Morgan fingerprint density at radius 2 is 1.71 bits per heavy atom. The maximum atomic E-state index is 12.4. The minimum absolute atomic E-state index is 0.0923. The van der Waals surface area contributed by atoms with Crippen molar-refractivity contribution in [3.8, 4) is 11.5 Å². The Morgan fingerprint density at radius 3 is 2.42 bits per heavy atom. The lowest BCUT2D eigenvalue weighted by Gasteiger charge is -2.12. The number of non-ortho nitro benzene ring substituents is 1. The number of nitrogens with one attached hydrogen (secondary N) is 1. The minimum atomic E-state index is -0.528. The average Bonchev–Trinajstić information content (AvgIpc) is 2.77. The van der Waals surface area contributed by atoms with Crippen LogP contribution < -0.4 is 10.1 Å². The molecule has 9 heteroatoms. The van der Waals surface area contributed by atoms with E-state index in [1.54, 1.807) is 42.6 Å². The first-order valence-corrected chi connectivity index (χ1v) is 9.74. The molecule has 1 aromatic heterocycles. The van der Waals surface area contributed by atoms with E-state index < -0.39 is 10.8 Å². The number of pyridine rings is 1. The van der Waals surface area contributed by atoms with Crippen molar-refractivity contribution in [3.05, 3.63) is 98.6 Å². The molecular weight excluding hydrogens is 441 g/mol. The zero-order valence-electron chi connectivity index (χ0n) is 15.7. The number of carbonyl (C=O) groups excluding carboxylic acids is 1. The summed E-state index contributed by atoms with van der Waals surface area (Å²) < 4.78 is 5.93. The maximum absolute atomic E-state index is 12.4. The van der Waals surface area contributed by atoms with Gasteiger partial charge in [-0.2, -0.15) is 0 Å². The molecule has 0 aliphatic rings. The highest BCUT2D eigenvalue weighted by molar-refractivity contribution is 6.35. The summed E-state index contributed by atoms with van der Waals surface area (Å²) in [4.78, 5) is 26.9. The number of fused-ring (bicyclic) bond motifs is 1. The van der Waals surface area contributed by atoms with Gasteiger partial charge in [-0.05, 0) is 54.6 Å². The first-order valence-electron chi connectivity index (χ1n) is 8.99. The highest BCUT2D eigenvalue weighted by Gasteiger charge is 2.13. The van der Waals surface area contributed by atoms with Crippen LogP contribution in [-0.2, 0) is 0 Å². The Hall–Kier alpha value is -3.68. The summed E-state index contributed by atoms with van der Waals surface area (Å²) >= 11 is 12.6. The molecule has 0 saturated heterocycles. The lowest BCUT2D eigenvalue weighted by molar-refractivity contribution is -0.384. The molecule has 0 aliphatic carbocycles. The standard InChI is InChI=1S/C22H13Cl2N3O4/c23-17-8-10-20(21-16(17)2-1-11-25-21)31-19-9-5-14(12-18(19)24)26-22(28)13-3-6-15(7-4-13)27(29)30/h1-12H,(H,26,28). The lowest BCUT2D eigenvalue weighted by Crippen LogP contribution is -2.11. The van der Waals surface area contributed by atoms with E-state index in [1.165, 1.54) is 24.3 Å². The highest BCUT2D eigenvalue weighted by Crippen LogP contribution is 2.36. The Kier molecular flexibility index (Phi) is 5.70. The summed E-state index contributed by atoms with van der Waals surface area (Å²) in [6.07, 6.45) is 1.64. The summed E-state index contributed by atoms with van der Waals surface area (Å²) in [7, 11) is 0. The Balaban J connectivity index is 1.53. The number of nitro groups is 1. The number of carbonyl (C=O) groups is 1. The number of anilines is 1. The Morgan fingerprint density at radius 1 is 0.968 bits per heavy atom. The molecule has 1 N–H and O–H groups in total. The molecule has 3 aromatic carbocycles.